The van der Waals surface area contributed by atoms with Crippen LogP contribution in [0.1, 0.15) is 37.1 Å². The molecular weight excluding hydrogens is 274 g/mol. The SMILES string of the molecule is CCCc1nc(N2CCC(c3cccc(Cl)c3)C2)no1. The molecule has 1 unspecified atom stereocenters. The molecule has 2 aromatic rings. The summed E-state index contributed by atoms with van der Waals surface area (Å²) in [5, 5.41) is 4.87. The van der Waals surface area contributed by atoms with Gasteiger partial charge in [-0.2, -0.15) is 4.98 Å². The molecule has 3 rings (SSSR count). The minimum absolute atomic E-state index is 0.488. The van der Waals surface area contributed by atoms with Gasteiger partial charge >= 0.3 is 0 Å². The van der Waals surface area contributed by atoms with Crippen LogP contribution in [-0.2, 0) is 6.42 Å². The van der Waals surface area contributed by atoms with Gasteiger partial charge in [0.25, 0.3) is 5.95 Å². The first kappa shape index (κ1) is 13.4. The maximum absolute atomic E-state index is 6.06. The molecule has 1 saturated heterocycles. The van der Waals surface area contributed by atoms with E-state index in [0.717, 1.165) is 49.2 Å². The summed E-state index contributed by atoms with van der Waals surface area (Å²) in [6.45, 7) is 3.99. The van der Waals surface area contributed by atoms with Crippen LogP contribution >= 0.6 is 11.6 Å². The zero-order valence-corrected chi connectivity index (χ0v) is 12.3. The molecule has 0 N–H and O–H groups in total. The Balaban J connectivity index is 1.69. The van der Waals surface area contributed by atoms with E-state index in [2.05, 4.69) is 34.1 Å². The van der Waals surface area contributed by atoms with Crippen molar-refractivity contribution >= 4 is 17.5 Å². The fourth-order valence-corrected chi connectivity index (χ4v) is 2.86. The van der Waals surface area contributed by atoms with Crippen molar-refractivity contribution in [3.63, 3.8) is 0 Å². The number of rotatable bonds is 4. The molecule has 0 spiro atoms. The van der Waals surface area contributed by atoms with E-state index in [0.29, 0.717) is 5.92 Å². The van der Waals surface area contributed by atoms with Crippen molar-refractivity contribution in [1.29, 1.82) is 0 Å². The number of aromatic nitrogens is 2. The summed E-state index contributed by atoms with van der Waals surface area (Å²) in [6, 6.07) is 8.11. The molecule has 0 radical (unpaired) electrons. The lowest BCUT2D eigenvalue weighted by Crippen LogP contribution is -2.20. The first-order chi connectivity index (χ1) is 9.76. The molecule has 5 heteroatoms. The van der Waals surface area contributed by atoms with E-state index in [1.54, 1.807) is 0 Å². The van der Waals surface area contributed by atoms with Gasteiger partial charge in [-0.05, 0) is 35.7 Å². The molecule has 1 atom stereocenters. The van der Waals surface area contributed by atoms with Gasteiger partial charge in [-0.25, -0.2) is 0 Å². The highest BCUT2D eigenvalue weighted by Crippen LogP contribution is 2.30. The Kier molecular flexibility index (Phi) is 3.92. The van der Waals surface area contributed by atoms with Crippen molar-refractivity contribution in [2.24, 2.45) is 0 Å². The largest absolute Gasteiger partial charge is 0.338 e. The van der Waals surface area contributed by atoms with Crippen LogP contribution < -0.4 is 4.90 Å². The Morgan fingerprint density at radius 3 is 3.15 bits per heavy atom. The summed E-state index contributed by atoms with van der Waals surface area (Å²) in [4.78, 5) is 6.64. The Bertz CT molecular complexity index is 584. The molecule has 1 aliphatic rings. The van der Waals surface area contributed by atoms with Crippen molar-refractivity contribution in [1.82, 2.24) is 10.1 Å². The third-order valence-corrected chi connectivity index (χ3v) is 3.95. The fourth-order valence-electron chi connectivity index (χ4n) is 2.66. The summed E-state index contributed by atoms with van der Waals surface area (Å²) in [5.41, 5.74) is 1.29. The second-order valence-electron chi connectivity index (χ2n) is 5.22. The van der Waals surface area contributed by atoms with Crippen molar-refractivity contribution in [2.45, 2.75) is 32.1 Å². The van der Waals surface area contributed by atoms with Crippen LogP contribution in [-0.4, -0.2) is 23.2 Å². The zero-order valence-electron chi connectivity index (χ0n) is 11.6. The van der Waals surface area contributed by atoms with Gasteiger partial charge in [0.2, 0.25) is 5.89 Å². The highest BCUT2D eigenvalue weighted by molar-refractivity contribution is 6.30. The summed E-state index contributed by atoms with van der Waals surface area (Å²) in [7, 11) is 0. The van der Waals surface area contributed by atoms with Gasteiger partial charge < -0.3 is 9.42 Å². The highest BCUT2D eigenvalue weighted by atomic mass is 35.5. The maximum Gasteiger partial charge on any atom is 0.266 e. The molecule has 0 saturated carbocycles. The highest BCUT2D eigenvalue weighted by Gasteiger charge is 2.27. The molecule has 1 aromatic heterocycles. The molecular formula is C15H18ClN3O. The first-order valence-corrected chi connectivity index (χ1v) is 7.47. The van der Waals surface area contributed by atoms with E-state index >= 15 is 0 Å². The number of aryl methyl sites for hydroxylation is 1. The van der Waals surface area contributed by atoms with Gasteiger partial charge in [0.05, 0.1) is 0 Å². The minimum atomic E-state index is 0.488. The van der Waals surface area contributed by atoms with Gasteiger partial charge in [0, 0.05) is 30.5 Å². The van der Waals surface area contributed by atoms with E-state index in [9.17, 15) is 0 Å². The van der Waals surface area contributed by atoms with E-state index in [4.69, 9.17) is 16.1 Å². The number of halogens is 1. The van der Waals surface area contributed by atoms with Crippen LogP contribution in [0, 0.1) is 0 Å². The lowest BCUT2D eigenvalue weighted by atomic mass is 9.99. The number of anilines is 1. The van der Waals surface area contributed by atoms with Gasteiger partial charge in [0.15, 0.2) is 0 Å². The molecule has 4 nitrogen and oxygen atoms in total. The topological polar surface area (TPSA) is 42.2 Å². The monoisotopic (exact) mass is 291 g/mol. The van der Waals surface area contributed by atoms with E-state index < -0.39 is 0 Å². The normalized spacial score (nSPS) is 18.7. The summed E-state index contributed by atoms with van der Waals surface area (Å²) in [5.74, 6) is 1.94. The first-order valence-electron chi connectivity index (χ1n) is 7.09. The van der Waals surface area contributed by atoms with E-state index in [1.807, 2.05) is 12.1 Å². The standard InChI is InChI=1S/C15H18ClN3O/c1-2-4-14-17-15(18-20-14)19-8-7-12(10-19)11-5-3-6-13(16)9-11/h3,5-6,9,12H,2,4,7-8,10H2,1H3. The lowest BCUT2D eigenvalue weighted by molar-refractivity contribution is 0.376. The van der Waals surface area contributed by atoms with Crippen LogP contribution in [0.4, 0.5) is 5.95 Å². The Morgan fingerprint density at radius 2 is 2.35 bits per heavy atom. The molecule has 20 heavy (non-hydrogen) atoms. The van der Waals surface area contributed by atoms with Crippen LogP contribution in [0.15, 0.2) is 28.8 Å². The molecule has 0 bridgehead atoms. The van der Waals surface area contributed by atoms with Crippen LogP contribution in [0.5, 0.6) is 0 Å². The third-order valence-electron chi connectivity index (χ3n) is 3.71. The second kappa shape index (κ2) is 5.83. The van der Waals surface area contributed by atoms with Crippen molar-refractivity contribution in [3.8, 4) is 0 Å². The third kappa shape index (κ3) is 2.80. The Labute approximate surface area is 123 Å². The predicted octanol–water partition coefficient (Wildman–Crippen LogP) is 3.67. The van der Waals surface area contributed by atoms with Crippen molar-refractivity contribution in [3.05, 3.63) is 40.7 Å². The Hall–Kier alpha value is -1.55. The molecule has 0 amide bonds. The fraction of sp³-hybridized carbons (Fsp3) is 0.467. The van der Waals surface area contributed by atoms with E-state index in [-0.39, 0.29) is 0 Å². The number of hydrogen-bond donors (Lipinski definition) is 0. The summed E-state index contributed by atoms with van der Waals surface area (Å²) >= 11 is 6.06. The van der Waals surface area contributed by atoms with Gasteiger partial charge in [-0.3, -0.25) is 0 Å². The molecule has 2 heterocycles. The Morgan fingerprint density at radius 1 is 1.45 bits per heavy atom. The van der Waals surface area contributed by atoms with Crippen molar-refractivity contribution < 1.29 is 4.52 Å². The zero-order chi connectivity index (χ0) is 13.9. The average Bonchev–Trinajstić information content (AvgIpc) is 3.07. The lowest BCUT2D eigenvalue weighted by Gasteiger charge is -2.13. The van der Waals surface area contributed by atoms with Crippen LogP contribution in [0.2, 0.25) is 5.02 Å². The molecule has 1 fully saturated rings. The van der Waals surface area contributed by atoms with Gasteiger partial charge in [-0.1, -0.05) is 30.7 Å². The van der Waals surface area contributed by atoms with E-state index in [1.165, 1.54) is 5.56 Å². The van der Waals surface area contributed by atoms with Crippen LogP contribution in [0.25, 0.3) is 0 Å². The van der Waals surface area contributed by atoms with Gasteiger partial charge in [-0.15, -0.1) is 0 Å². The number of nitrogens with zero attached hydrogens (tertiary/aromatic N) is 3. The van der Waals surface area contributed by atoms with Crippen molar-refractivity contribution in [2.75, 3.05) is 18.0 Å². The minimum Gasteiger partial charge on any atom is -0.338 e. The van der Waals surface area contributed by atoms with Gasteiger partial charge in [0.1, 0.15) is 0 Å². The second-order valence-corrected chi connectivity index (χ2v) is 5.66. The smallest absolute Gasteiger partial charge is 0.266 e. The molecule has 1 aromatic carbocycles. The predicted molar refractivity (Wildman–Crippen MR) is 79.3 cm³/mol. The number of hydrogen-bond acceptors (Lipinski definition) is 4. The van der Waals surface area contributed by atoms with Crippen LogP contribution in [0.3, 0.4) is 0 Å². The number of benzene rings is 1. The quantitative estimate of drug-likeness (QED) is 0.862. The summed E-state index contributed by atoms with van der Waals surface area (Å²) in [6.07, 6.45) is 2.96. The molecule has 0 aliphatic carbocycles. The average molecular weight is 292 g/mol. The summed E-state index contributed by atoms with van der Waals surface area (Å²) < 4.78 is 5.25. The molecule has 1 aliphatic heterocycles. The maximum atomic E-state index is 6.06. The molecule has 106 valence electrons.